The SMILES string of the molecule is CC(C)C1=C2C3CCC4C(C)(CCC5C(C)C(OC(=O)C6CC(C=O)C6C)CCC54C)C3CCC2(CCNC(=O)C(C)(C)NC(=O)c2ccc(Cl)cc2)CC1=O. The molecule has 0 radical (unpaired) electrons. The van der Waals surface area contributed by atoms with E-state index in [0.717, 1.165) is 63.2 Å². The summed E-state index contributed by atoms with van der Waals surface area (Å²) in [6, 6.07) is 6.61. The van der Waals surface area contributed by atoms with E-state index in [0.29, 0.717) is 71.8 Å². The molecule has 6 aliphatic carbocycles. The molecular weight excluding hydrogens is 724 g/mol. The number of ether oxygens (including phenoxy) is 1. The van der Waals surface area contributed by atoms with E-state index < -0.39 is 5.54 Å². The second-order valence-corrected chi connectivity index (χ2v) is 20.8. The number of aldehydes is 1. The lowest BCUT2D eigenvalue weighted by atomic mass is 9.38. The summed E-state index contributed by atoms with van der Waals surface area (Å²) in [4.78, 5) is 65.1. The molecule has 2 N–H and O–H groups in total. The Hall–Kier alpha value is -3.00. The molecule has 0 bridgehead atoms. The van der Waals surface area contributed by atoms with Crippen LogP contribution in [-0.4, -0.2) is 48.0 Å². The van der Waals surface area contributed by atoms with Crippen molar-refractivity contribution in [3.8, 4) is 0 Å². The Bertz CT molecular complexity index is 1790. The van der Waals surface area contributed by atoms with Gasteiger partial charge in [-0.05, 0) is 160 Å². The lowest BCUT2D eigenvalue weighted by Crippen LogP contribution is -2.61. The summed E-state index contributed by atoms with van der Waals surface area (Å²) in [5.41, 5.74) is 1.87. The van der Waals surface area contributed by atoms with Crippen molar-refractivity contribution in [3.63, 3.8) is 0 Å². The molecule has 12 unspecified atom stereocenters. The zero-order valence-electron chi connectivity index (χ0n) is 35.0. The number of fused-ring (bicyclic) bond motifs is 7. The quantitative estimate of drug-likeness (QED) is 0.181. The number of Topliss-reactive ketones (excluding diaryl/α,β-unsaturated/α-hetero) is 1. The Morgan fingerprint density at radius 1 is 0.946 bits per heavy atom. The summed E-state index contributed by atoms with van der Waals surface area (Å²) in [6.07, 6.45) is 11.3. The van der Waals surface area contributed by atoms with Crippen LogP contribution in [0.2, 0.25) is 5.02 Å². The standard InChI is InChI=1S/C47H65ClN2O6/c1-26(2)39-36(52)24-47(21-22-49-43(55)44(5,6)50-41(53)29-9-11-31(48)12-10-29)20-16-35-32(40(39)47)13-14-38-45(7)19-17-37(28(4)34(45)15-18-46(35,38)8)56-42(54)33-23-30(25-51)27(33)3/h9-12,25-28,30,32-35,37-38H,13-24H2,1-8H3,(H,49,55)(H,50,53). The normalized spacial score (nSPS) is 39.0. The van der Waals surface area contributed by atoms with E-state index in [2.05, 4.69) is 45.3 Å². The largest absolute Gasteiger partial charge is 0.462 e. The highest BCUT2D eigenvalue weighted by molar-refractivity contribution is 6.30. The number of rotatable bonds is 10. The first-order chi connectivity index (χ1) is 26.4. The van der Waals surface area contributed by atoms with E-state index in [1.165, 1.54) is 5.57 Å². The van der Waals surface area contributed by atoms with Crippen LogP contribution in [-0.2, 0) is 23.9 Å². The van der Waals surface area contributed by atoms with Crippen LogP contribution in [0.15, 0.2) is 35.4 Å². The first-order valence-corrected chi connectivity index (χ1v) is 22.0. The van der Waals surface area contributed by atoms with Gasteiger partial charge in [0.05, 0.1) is 5.92 Å². The highest BCUT2D eigenvalue weighted by atomic mass is 35.5. The topological polar surface area (TPSA) is 119 Å². The van der Waals surface area contributed by atoms with Crippen molar-refractivity contribution in [1.29, 1.82) is 0 Å². The minimum absolute atomic E-state index is 0.0221. The number of hydrogen-bond donors (Lipinski definition) is 2. The van der Waals surface area contributed by atoms with Gasteiger partial charge in [0.25, 0.3) is 5.91 Å². The number of carbonyl (C=O) groups excluding carboxylic acids is 5. The number of amides is 2. The molecule has 0 aliphatic heterocycles. The van der Waals surface area contributed by atoms with Crippen LogP contribution in [0.25, 0.3) is 0 Å². The third-order valence-corrected chi connectivity index (χ3v) is 17.1. The molecule has 5 fully saturated rings. The fraction of sp³-hybridized carbons (Fsp3) is 0.723. The Morgan fingerprint density at radius 2 is 1.61 bits per heavy atom. The van der Waals surface area contributed by atoms with Gasteiger partial charge in [-0.1, -0.05) is 58.7 Å². The van der Waals surface area contributed by atoms with Crippen molar-refractivity contribution in [2.45, 2.75) is 138 Å². The molecule has 7 rings (SSSR count). The third-order valence-electron chi connectivity index (χ3n) is 16.8. The van der Waals surface area contributed by atoms with Crippen LogP contribution in [0.5, 0.6) is 0 Å². The second-order valence-electron chi connectivity index (χ2n) is 20.4. The van der Waals surface area contributed by atoms with Crippen LogP contribution in [0.4, 0.5) is 0 Å². The molecule has 56 heavy (non-hydrogen) atoms. The maximum Gasteiger partial charge on any atom is 0.309 e. The molecule has 1 aromatic carbocycles. The van der Waals surface area contributed by atoms with Gasteiger partial charge in [0.15, 0.2) is 5.78 Å². The monoisotopic (exact) mass is 788 g/mol. The average molecular weight is 789 g/mol. The average Bonchev–Trinajstić information content (AvgIpc) is 3.44. The van der Waals surface area contributed by atoms with Crippen LogP contribution in [0.1, 0.15) is 136 Å². The van der Waals surface area contributed by atoms with Crippen molar-refractivity contribution in [1.82, 2.24) is 10.6 Å². The maximum atomic E-state index is 14.0. The smallest absolute Gasteiger partial charge is 0.309 e. The van der Waals surface area contributed by atoms with Gasteiger partial charge in [-0.3, -0.25) is 19.2 Å². The predicted molar refractivity (Wildman–Crippen MR) is 218 cm³/mol. The molecule has 306 valence electrons. The Labute approximate surface area is 339 Å². The molecule has 5 saturated carbocycles. The number of benzene rings is 1. The lowest BCUT2D eigenvalue weighted by molar-refractivity contribution is -0.196. The minimum Gasteiger partial charge on any atom is -0.462 e. The fourth-order valence-corrected chi connectivity index (χ4v) is 13.8. The van der Waals surface area contributed by atoms with Gasteiger partial charge < -0.3 is 20.2 Å². The highest BCUT2D eigenvalue weighted by Crippen LogP contribution is 2.72. The molecule has 0 aromatic heterocycles. The summed E-state index contributed by atoms with van der Waals surface area (Å²) < 4.78 is 6.28. The van der Waals surface area contributed by atoms with E-state index >= 15 is 0 Å². The number of carbonyl (C=O) groups is 5. The van der Waals surface area contributed by atoms with Gasteiger partial charge in [0.2, 0.25) is 5.91 Å². The molecular formula is C47H65ClN2O6. The van der Waals surface area contributed by atoms with Crippen molar-refractivity contribution < 1.29 is 28.7 Å². The van der Waals surface area contributed by atoms with Crippen LogP contribution in [0, 0.1) is 69.5 Å². The summed E-state index contributed by atoms with van der Waals surface area (Å²) in [6.45, 7) is 17.7. The number of nitrogens with one attached hydrogen (secondary N) is 2. The van der Waals surface area contributed by atoms with E-state index in [9.17, 15) is 24.0 Å². The van der Waals surface area contributed by atoms with E-state index in [1.807, 2.05) is 6.92 Å². The van der Waals surface area contributed by atoms with E-state index in [-0.39, 0.29) is 63.8 Å². The number of halogens is 1. The molecule has 0 heterocycles. The third kappa shape index (κ3) is 6.79. The Balaban J connectivity index is 1.04. The number of esters is 1. The molecule has 9 heteroatoms. The van der Waals surface area contributed by atoms with Gasteiger partial charge in [-0.25, -0.2) is 0 Å². The molecule has 6 aliphatic rings. The van der Waals surface area contributed by atoms with Crippen LogP contribution < -0.4 is 10.6 Å². The maximum absolute atomic E-state index is 14.0. The van der Waals surface area contributed by atoms with E-state index in [1.54, 1.807) is 38.1 Å². The number of hydrogen-bond acceptors (Lipinski definition) is 6. The fourth-order valence-electron chi connectivity index (χ4n) is 13.7. The van der Waals surface area contributed by atoms with Crippen LogP contribution in [0.3, 0.4) is 0 Å². The zero-order chi connectivity index (χ0) is 40.5. The molecule has 2 amide bonds. The summed E-state index contributed by atoms with van der Waals surface area (Å²) in [5.74, 6) is 1.90. The van der Waals surface area contributed by atoms with Crippen LogP contribution >= 0.6 is 11.6 Å². The summed E-state index contributed by atoms with van der Waals surface area (Å²) in [5, 5.41) is 6.57. The molecule has 0 saturated heterocycles. The first kappa shape index (κ1) is 41.2. The Kier molecular flexibility index (Phi) is 11.0. The van der Waals surface area contributed by atoms with Gasteiger partial charge in [0, 0.05) is 34.9 Å². The molecule has 8 nitrogen and oxygen atoms in total. The predicted octanol–water partition coefficient (Wildman–Crippen LogP) is 8.94. The molecule has 1 aromatic rings. The van der Waals surface area contributed by atoms with Crippen molar-refractivity contribution in [2.24, 2.45) is 69.5 Å². The molecule has 12 atom stereocenters. The molecule has 0 spiro atoms. The minimum atomic E-state index is -1.13. The van der Waals surface area contributed by atoms with E-state index in [4.69, 9.17) is 16.3 Å². The lowest BCUT2D eigenvalue weighted by Gasteiger charge is -2.67. The van der Waals surface area contributed by atoms with Gasteiger partial charge in [0.1, 0.15) is 17.9 Å². The van der Waals surface area contributed by atoms with Gasteiger partial charge >= 0.3 is 5.97 Å². The summed E-state index contributed by atoms with van der Waals surface area (Å²) >= 11 is 6.00. The number of allylic oxidation sites excluding steroid dienone is 2. The Morgan fingerprint density at radius 3 is 2.27 bits per heavy atom. The zero-order valence-corrected chi connectivity index (χ0v) is 35.7. The number of ketones is 1. The summed E-state index contributed by atoms with van der Waals surface area (Å²) in [7, 11) is 0. The first-order valence-electron chi connectivity index (χ1n) is 21.7. The van der Waals surface area contributed by atoms with Crippen molar-refractivity contribution >= 4 is 41.5 Å². The van der Waals surface area contributed by atoms with Gasteiger partial charge in [-0.2, -0.15) is 0 Å². The van der Waals surface area contributed by atoms with Gasteiger partial charge in [-0.15, -0.1) is 0 Å². The van der Waals surface area contributed by atoms with Crippen molar-refractivity contribution in [2.75, 3.05) is 6.54 Å². The second kappa shape index (κ2) is 15.0. The highest BCUT2D eigenvalue weighted by Gasteiger charge is 2.65. The van der Waals surface area contributed by atoms with Crippen molar-refractivity contribution in [3.05, 3.63) is 46.0 Å².